The highest BCUT2D eigenvalue weighted by Gasteiger charge is 2.33. The quantitative estimate of drug-likeness (QED) is 0.796. The molecule has 0 aromatic heterocycles. The van der Waals surface area contributed by atoms with Gasteiger partial charge in [0.05, 0.1) is 6.04 Å². The van der Waals surface area contributed by atoms with E-state index in [1.807, 2.05) is 37.3 Å². The van der Waals surface area contributed by atoms with Gasteiger partial charge in [-0.2, -0.15) is 0 Å². The van der Waals surface area contributed by atoms with Gasteiger partial charge in [-0.25, -0.2) is 0 Å². The normalized spacial score (nSPS) is 21.9. The van der Waals surface area contributed by atoms with Gasteiger partial charge < -0.3 is 11.1 Å². The van der Waals surface area contributed by atoms with Gasteiger partial charge in [0.15, 0.2) is 0 Å². The molecule has 1 saturated carbocycles. The summed E-state index contributed by atoms with van der Waals surface area (Å²) in [6.07, 6.45) is 2.20. The first-order valence-electron chi connectivity index (χ1n) is 8.69. The predicted octanol–water partition coefficient (Wildman–Crippen LogP) is 0.498. The van der Waals surface area contributed by atoms with Gasteiger partial charge in [-0.15, -0.1) is 0 Å². The lowest BCUT2D eigenvalue weighted by atomic mass is 10.0. The van der Waals surface area contributed by atoms with E-state index in [0.29, 0.717) is 6.04 Å². The van der Waals surface area contributed by atoms with Crippen molar-refractivity contribution in [1.29, 1.82) is 0 Å². The number of nitrogens with one attached hydrogen (secondary N) is 1. The molecular formula is C18H26N4O2. The molecule has 1 aromatic rings. The van der Waals surface area contributed by atoms with Crippen LogP contribution in [-0.4, -0.2) is 59.9 Å². The molecular weight excluding hydrogens is 304 g/mol. The first-order valence-corrected chi connectivity index (χ1v) is 8.69. The van der Waals surface area contributed by atoms with E-state index >= 15 is 0 Å². The average molecular weight is 330 g/mol. The zero-order valence-corrected chi connectivity index (χ0v) is 14.1. The zero-order valence-electron chi connectivity index (χ0n) is 14.1. The van der Waals surface area contributed by atoms with Crippen LogP contribution < -0.4 is 11.1 Å². The summed E-state index contributed by atoms with van der Waals surface area (Å²) in [6.45, 7) is 4.93. The molecule has 3 rings (SSSR count). The fourth-order valence-corrected chi connectivity index (χ4v) is 3.29. The SMILES string of the molecule is C[C@H](C(=O)NC1CC1)N1CCN([C@@H](C(N)=O)c2ccccc2)CC1. The lowest BCUT2D eigenvalue weighted by Gasteiger charge is -2.40. The third-order valence-corrected chi connectivity index (χ3v) is 4.95. The number of carbonyl (C=O) groups is 2. The second-order valence-electron chi connectivity index (χ2n) is 6.75. The van der Waals surface area contributed by atoms with Crippen molar-refractivity contribution in [2.45, 2.75) is 37.9 Å². The molecule has 6 nitrogen and oxygen atoms in total. The number of nitrogens with zero attached hydrogens (tertiary/aromatic N) is 2. The van der Waals surface area contributed by atoms with E-state index in [2.05, 4.69) is 15.1 Å². The van der Waals surface area contributed by atoms with Crippen LogP contribution in [0.1, 0.15) is 31.4 Å². The predicted molar refractivity (Wildman–Crippen MR) is 92.2 cm³/mol. The Balaban J connectivity index is 1.58. The first kappa shape index (κ1) is 16.9. The molecule has 1 aliphatic carbocycles. The number of primary amides is 1. The number of hydrogen-bond acceptors (Lipinski definition) is 4. The summed E-state index contributed by atoms with van der Waals surface area (Å²) in [5.74, 6) is -0.213. The van der Waals surface area contributed by atoms with Gasteiger partial charge >= 0.3 is 0 Å². The van der Waals surface area contributed by atoms with Crippen molar-refractivity contribution < 1.29 is 9.59 Å². The van der Waals surface area contributed by atoms with Crippen LogP contribution in [0.25, 0.3) is 0 Å². The van der Waals surface area contributed by atoms with E-state index in [9.17, 15) is 9.59 Å². The van der Waals surface area contributed by atoms with Gasteiger partial charge in [-0.3, -0.25) is 19.4 Å². The summed E-state index contributed by atoms with van der Waals surface area (Å²) in [5.41, 5.74) is 6.57. The van der Waals surface area contributed by atoms with E-state index in [4.69, 9.17) is 5.73 Å². The first-order chi connectivity index (χ1) is 11.6. The van der Waals surface area contributed by atoms with E-state index in [1.54, 1.807) is 0 Å². The molecule has 2 amide bonds. The fraction of sp³-hybridized carbons (Fsp3) is 0.556. The van der Waals surface area contributed by atoms with E-state index < -0.39 is 6.04 Å². The second-order valence-corrected chi connectivity index (χ2v) is 6.75. The average Bonchev–Trinajstić information content (AvgIpc) is 3.39. The molecule has 2 fully saturated rings. The third kappa shape index (κ3) is 3.94. The van der Waals surface area contributed by atoms with Crippen LogP contribution in [0.2, 0.25) is 0 Å². The Kier molecular flexibility index (Phi) is 5.16. The lowest BCUT2D eigenvalue weighted by Crippen LogP contribution is -2.55. The second kappa shape index (κ2) is 7.32. The summed E-state index contributed by atoms with van der Waals surface area (Å²) in [4.78, 5) is 28.4. The van der Waals surface area contributed by atoms with Crippen molar-refractivity contribution in [1.82, 2.24) is 15.1 Å². The number of amides is 2. The van der Waals surface area contributed by atoms with Gasteiger partial charge in [0, 0.05) is 32.2 Å². The minimum Gasteiger partial charge on any atom is -0.368 e. The molecule has 6 heteroatoms. The number of benzene rings is 1. The number of nitrogens with two attached hydrogens (primary N) is 1. The molecule has 1 saturated heterocycles. The highest BCUT2D eigenvalue weighted by molar-refractivity contribution is 5.82. The Labute approximate surface area is 143 Å². The summed E-state index contributed by atoms with van der Waals surface area (Å²) in [7, 11) is 0. The van der Waals surface area contributed by atoms with Gasteiger partial charge in [0.1, 0.15) is 6.04 Å². The van der Waals surface area contributed by atoms with E-state index in [-0.39, 0.29) is 17.9 Å². The minimum atomic E-state index is -0.399. The van der Waals surface area contributed by atoms with Crippen molar-refractivity contribution in [3.05, 3.63) is 35.9 Å². The Bertz CT molecular complexity index is 580. The highest BCUT2D eigenvalue weighted by atomic mass is 16.2. The van der Waals surface area contributed by atoms with Gasteiger partial charge in [0.25, 0.3) is 0 Å². The summed E-state index contributed by atoms with van der Waals surface area (Å²) >= 11 is 0. The minimum absolute atomic E-state index is 0.112. The molecule has 1 aliphatic heterocycles. The molecule has 0 spiro atoms. The Morgan fingerprint density at radius 1 is 1.08 bits per heavy atom. The molecule has 0 radical (unpaired) electrons. The maximum absolute atomic E-state index is 12.2. The largest absolute Gasteiger partial charge is 0.368 e. The molecule has 3 N–H and O–H groups in total. The van der Waals surface area contributed by atoms with Crippen LogP contribution in [0.15, 0.2) is 30.3 Å². The highest BCUT2D eigenvalue weighted by Crippen LogP contribution is 2.23. The van der Waals surface area contributed by atoms with Crippen molar-refractivity contribution in [3.63, 3.8) is 0 Å². The standard InChI is InChI=1S/C18H26N4O2/c1-13(18(24)20-15-7-8-15)21-9-11-22(12-10-21)16(17(19)23)14-5-3-2-4-6-14/h2-6,13,15-16H,7-12H2,1H3,(H2,19,23)(H,20,24)/t13-,16-/m1/s1. The summed E-state index contributed by atoms with van der Waals surface area (Å²) in [6, 6.07) is 9.51. The van der Waals surface area contributed by atoms with Gasteiger partial charge in [0.2, 0.25) is 11.8 Å². The van der Waals surface area contributed by atoms with E-state index in [1.165, 1.54) is 0 Å². The third-order valence-electron chi connectivity index (χ3n) is 4.95. The van der Waals surface area contributed by atoms with Crippen LogP contribution >= 0.6 is 0 Å². The molecule has 24 heavy (non-hydrogen) atoms. The lowest BCUT2D eigenvalue weighted by molar-refractivity contribution is -0.129. The molecule has 2 aliphatic rings. The Morgan fingerprint density at radius 3 is 2.21 bits per heavy atom. The van der Waals surface area contributed by atoms with Crippen LogP contribution in [-0.2, 0) is 9.59 Å². The van der Waals surface area contributed by atoms with Crippen molar-refractivity contribution in [2.75, 3.05) is 26.2 Å². The monoisotopic (exact) mass is 330 g/mol. The number of carbonyl (C=O) groups excluding carboxylic acids is 2. The van der Waals surface area contributed by atoms with Crippen molar-refractivity contribution in [2.24, 2.45) is 5.73 Å². The number of rotatable bonds is 6. The molecule has 0 bridgehead atoms. The maximum Gasteiger partial charge on any atom is 0.239 e. The van der Waals surface area contributed by atoms with Crippen LogP contribution in [0.4, 0.5) is 0 Å². The molecule has 1 heterocycles. The zero-order chi connectivity index (χ0) is 17.1. The Morgan fingerprint density at radius 2 is 1.67 bits per heavy atom. The number of piperazine rings is 1. The van der Waals surface area contributed by atoms with Gasteiger partial charge in [-0.1, -0.05) is 30.3 Å². The smallest absolute Gasteiger partial charge is 0.239 e. The topological polar surface area (TPSA) is 78.7 Å². The van der Waals surface area contributed by atoms with E-state index in [0.717, 1.165) is 44.6 Å². The molecule has 1 aromatic carbocycles. The Hall–Kier alpha value is -1.92. The molecule has 130 valence electrons. The van der Waals surface area contributed by atoms with Crippen LogP contribution in [0.3, 0.4) is 0 Å². The molecule has 0 unspecified atom stereocenters. The fourth-order valence-electron chi connectivity index (χ4n) is 3.29. The van der Waals surface area contributed by atoms with Gasteiger partial charge in [-0.05, 0) is 25.3 Å². The molecule has 2 atom stereocenters. The number of hydrogen-bond donors (Lipinski definition) is 2. The van der Waals surface area contributed by atoms with Crippen molar-refractivity contribution >= 4 is 11.8 Å². The summed E-state index contributed by atoms with van der Waals surface area (Å²) < 4.78 is 0. The van der Waals surface area contributed by atoms with Crippen molar-refractivity contribution in [3.8, 4) is 0 Å². The van der Waals surface area contributed by atoms with Crippen LogP contribution in [0, 0.1) is 0 Å². The van der Waals surface area contributed by atoms with Crippen LogP contribution in [0.5, 0.6) is 0 Å². The maximum atomic E-state index is 12.2. The summed E-state index contributed by atoms with van der Waals surface area (Å²) in [5, 5.41) is 3.06.